The van der Waals surface area contributed by atoms with Crippen molar-refractivity contribution in [1.29, 1.82) is 0 Å². The molecule has 3 saturated heterocycles. The van der Waals surface area contributed by atoms with Gasteiger partial charge in [-0.05, 0) is 37.5 Å². The van der Waals surface area contributed by atoms with Crippen molar-refractivity contribution >= 4 is 11.8 Å². The van der Waals surface area contributed by atoms with Crippen molar-refractivity contribution in [3.05, 3.63) is 18.2 Å². The van der Waals surface area contributed by atoms with Gasteiger partial charge in [-0.1, -0.05) is 6.92 Å². The van der Waals surface area contributed by atoms with Crippen LogP contribution in [0.15, 0.2) is 12.4 Å². The summed E-state index contributed by atoms with van der Waals surface area (Å²) in [6.07, 6.45) is 10.2. The van der Waals surface area contributed by atoms with Gasteiger partial charge in [-0.15, -0.1) is 0 Å². The molecule has 29 heavy (non-hydrogen) atoms. The standard InChI is InChI=1S/C22H35N5O2/c1-3-5-21(28)24-13-19-17-12-16(18-6-4-7-22(29)27(18)19)14-26(15-17)10-8-20-23-9-11-25(20)2/h9,11,16-19H,3-8,10,12-15H2,1-2H3,(H,24,28)/t16-,17+,18+,19+/m1/s1. The molecule has 1 aromatic rings. The predicted octanol–water partition coefficient (Wildman–Crippen LogP) is 1.58. The van der Waals surface area contributed by atoms with Crippen LogP contribution in [-0.4, -0.2) is 69.4 Å². The molecule has 3 aliphatic heterocycles. The summed E-state index contributed by atoms with van der Waals surface area (Å²) in [5.41, 5.74) is 0. The second-order valence-electron chi connectivity index (χ2n) is 9.10. The number of fused-ring (bicyclic) bond motifs is 4. The summed E-state index contributed by atoms with van der Waals surface area (Å²) in [7, 11) is 2.05. The molecule has 3 aliphatic rings. The van der Waals surface area contributed by atoms with Crippen LogP contribution in [0.4, 0.5) is 0 Å². The van der Waals surface area contributed by atoms with Gasteiger partial charge in [-0.3, -0.25) is 9.59 Å². The number of amides is 2. The van der Waals surface area contributed by atoms with Crippen molar-refractivity contribution < 1.29 is 9.59 Å². The normalized spacial score (nSPS) is 29.6. The number of piperidine rings is 3. The lowest BCUT2D eigenvalue weighted by atomic mass is 9.72. The zero-order chi connectivity index (χ0) is 20.4. The number of hydrogen-bond acceptors (Lipinski definition) is 4. The van der Waals surface area contributed by atoms with Gasteiger partial charge in [0.05, 0.1) is 6.04 Å². The number of nitrogens with zero attached hydrogens (tertiary/aromatic N) is 4. The van der Waals surface area contributed by atoms with Gasteiger partial charge in [0, 0.05) is 70.9 Å². The SMILES string of the molecule is CCCC(=O)NC[C@H]1[C@H]2C[C@H](CN(CCc3nccn3C)C2)[C@@H]2CCCC(=O)N21. The van der Waals surface area contributed by atoms with Crippen LogP contribution < -0.4 is 5.32 Å². The van der Waals surface area contributed by atoms with E-state index in [1.165, 1.54) is 6.42 Å². The number of carbonyl (C=O) groups excluding carboxylic acids is 2. The molecule has 0 unspecified atom stereocenters. The summed E-state index contributed by atoms with van der Waals surface area (Å²) < 4.78 is 2.10. The zero-order valence-electron chi connectivity index (χ0n) is 17.8. The molecule has 0 radical (unpaired) electrons. The zero-order valence-corrected chi connectivity index (χ0v) is 17.8. The number of carbonyl (C=O) groups is 2. The maximum Gasteiger partial charge on any atom is 0.223 e. The van der Waals surface area contributed by atoms with E-state index in [-0.39, 0.29) is 11.9 Å². The highest BCUT2D eigenvalue weighted by molar-refractivity contribution is 5.78. The largest absolute Gasteiger partial charge is 0.354 e. The highest BCUT2D eigenvalue weighted by Crippen LogP contribution is 2.41. The van der Waals surface area contributed by atoms with Crippen molar-refractivity contribution in [3.63, 3.8) is 0 Å². The van der Waals surface area contributed by atoms with E-state index in [0.29, 0.717) is 43.2 Å². The minimum absolute atomic E-state index is 0.109. The molecule has 4 atom stereocenters. The monoisotopic (exact) mass is 401 g/mol. The Hall–Kier alpha value is -1.89. The molecule has 2 amide bonds. The fourth-order valence-corrected chi connectivity index (χ4v) is 5.75. The van der Waals surface area contributed by atoms with E-state index in [9.17, 15) is 9.59 Å². The molecule has 1 N–H and O–H groups in total. The molecule has 0 aliphatic carbocycles. The number of imidazole rings is 1. The topological polar surface area (TPSA) is 70.5 Å². The van der Waals surface area contributed by atoms with Crippen LogP contribution in [0.25, 0.3) is 0 Å². The Morgan fingerprint density at radius 3 is 2.90 bits per heavy atom. The van der Waals surface area contributed by atoms with E-state index >= 15 is 0 Å². The third kappa shape index (κ3) is 4.34. The Morgan fingerprint density at radius 2 is 2.14 bits per heavy atom. The second kappa shape index (κ2) is 8.86. The summed E-state index contributed by atoms with van der Waals surface area (Å²) >= 11 is 0. The van der Waals surface area contributed by atoms with E-state index in [2.05, 4.69) is 24.7 Å². The van der Waals surface area contributed by atoms with E-state index in [1.54, 1.807) is 0 Å². The first-order chi connectivity index (χ1) is 14.1. The highest BCUT2D eigenvalue weighted by atomic mass is 16.2. The van der Waals surface area contributed by atoms with Gasteiger partial charge in [0.1, 0.15) is 5.82 Å². The van der Waals surface area contributed by atoms with Gasteiger partial charge in [0.15, 0.2) is 0 Å². The van der Waals surface area contributed by atoms with Crippen LogP contribution in [0.5, 0.6) is 0 Å². The first-order valence-electron chi connectivity index (χ1n) is 11.3. The minimum Gasteiger partial charge on any atom is -0.354 e. The van der Waals surface area contributed by atoms with Crippen molar-refractivity contribution in [2.75, 3.05) is 26.2 Å². The van der Waals surface area contributed by atoms with E-state index in [0.717, 1.165) is 51.1 Å². The molecule has 0 saturated carbocycles. The molecule has 4 rings (SSSR count). The van der Waals surface area contributed by atoms with Crippen molar-refractivity contribution in [3.8, 4) is 0 Å². The van der Waals surface area contributed by atoms with Crippen LogP contribution in [0.1, 0.15) is 51.3 Å². The van der Waals surface area contributed by atoms with E-state index in [1.807, 2.05) is 26.4 Å². The molecule has 3 fully saturated rings. The summed E-state index contributed by atoms with van der Waals surface area (Å²) in [6, 6.07) is 0.484. The Morgan fingerprint density at radius 1 is 1.31 bits per heavy atom. The van der Waals surface area contributed by atoms with E-state index < -0.39 is 0 Å². The molecular weight excluding hydrogens is 366 g/mol. The first-order valence-corrected chi connectivity index (χ1v) is 11.3. The van der Waals surface area contributed by atoms with Crippen LogP contribution in [0.3, 0.4) is 0 Å². The summed E-state index contributed by atoms with van der Waals surface area (Å²) in [6.45, 7) is 5.71. The summed E-state index contributed by atoms with van der Waals surface area (Å²) in [5, 5.41) is 3.12. The molecule has 7 nitrogen and oxygen atoms in total. The summed E-state index contributed by atoms with van der Waals surface area (Å²) in [4.78, 5) is 34.2. The lowest BCUT2D eigenvalue weighted by Crippen LogP contribution is -2.67. The molecule has 4 heterocycles. The van der Waals surface area contributed by atoms with Crippen molar-refractivity contribution in [2.24, 2.45) is 18.9 Å². The highest BCUT2D eigenvalue weighted by Gasteiger charge is 2.49. The molecule has 0 spiro atoms. The Labute approximate surface area is 173 Å². The number of rotatable bonds is 7. The lowest BCUT2D eigenvalue weighted by molar-refractivity contribution is -0.153. The molecular formula is C22H35N5O2. The molecule has 1 aromatic heterocycles. The van der Waals surface area contributed by atoms with E-state index in [4.69, 9.17) is 0 Å². The van der Waals surface area contributed by atoms with Crippen LogP contribution in [-0.2, 0) is 23.1 Å². The Kier molecular flexibility index (Phi) is 6.23. The Bertz CT molecular complexity index is 733. The van der Waals surface area contributed by atoms with Gasteiger partial charge < -0.3 is 19.7 Å². The van der Waals surface area contributed by atoms with Crippen molar-refractivity contribution in [2.45, 2.75) is 64.0 Å². The van der Waals surface area contributed by atoms with Crippen molar-refractivity contribution in [1.82, 2.24) is 24.7 Å². The predicted molar refractivity (Wildman–Crippen MR) is 111 cm³/mol. The van der Waals surface area contributed by atoms with Gasteiger partial charge in [0.2, 0.25) is 11.8 Å². The average Bonchev–Trinajstić information content (AvgIpc) is 3.12. The fourth-order valence-electron chi connectivity index (χ4n) is 5.75. The second-order valence-corrected chi connectivity index (χ2v) is 9.10. The van der Waals surface area contributed by atoms with Crippen LogP contribution in [0.2, 0.25) is 0 Å². The maximum atomic E-state index is 12.8. The van der Waals surface area contributed by atoms with Gasteiger partial charge in [-0.2, -0.15) is 0 Å². The third-order valence-corrected chi connectivity index (χ3v) is 7.13. The number of nitrogens with one attached hydrogen (secondary N) is 1. The van der Waals surface area contributed by atoms with Gasteiger partial charge >= 0.3 is 0 Å². The molecule has 2 bridgehead atoms. The molecule has 160 valence electrons. The smallest absolute Gasteiger partial charge is 0.223 e. The lowest BCUT2D eigenvalue weighted by Gasteiger charge is -2.56. The number of aryl methyl sites for hydroxylation is 1. The number of aromatic nitrogens is 2. The molecule has 7 heteroatoms. The summed E-state index contributed by atoms with van der Waals surface area (Å²) in [5.74, 6) is 2.53. The number of likely N-dealkylation sites (tertiary alicyclic amines) is 1. The first kappa shape index (κ1) is 20.4. The van der Waals surface area contributed by atoms with Gasteiger partial charge in [-0.25, -0.2) is 4.98 Å². The average molecular weight is 402 g/mol. The minimum atomic E-state index is 0.109. The third-order valence-electron chi connectivity index (χ3n) is 7.13. The van der Waals surface area contributed by atoms with Gasteiger partial charge in [0.25, 0.3) is 0 Å². The maximum absolute atomic E-state index is 12.8. The Balaban J connectivity index is 1.46. The molecule has 0 aromatic carbocycles. The fraction of sp³-hybridized carbons (Fsp3) is 0.773. The number of hydrogen-bond donors (Lipinski definition) is 1. The van der Waals surface area contributed by atoms with Crippen LogP contribution in [0, 0.1) is 11.8 Å². The quantitative estimate of drug-likeness (QED) is 0.753. The van der Waals surface area contributed by atoms with Crippen LogP contribution >= 0.6 is 0 Å².